The minimum Gasteiger partial charge on any atom is -1.00 e. The third kappa shape index (κ3) is 127. The smallest absolute Gasteiger partial charge is 1.00 e. The third-order valence-electron chi connectivity index (χ3n) is 9.97. The van der Waals surface area contributed by atoms with E-state index in [2.05, 4.69) is 34.6 Å². The summed E-state index contributed by atoms with van der Waals surface area (Å²) in [5, 5.41) is 41.6. The van der Waals surface area contributed by atoms with Gasteiger partial charge in [0.2, 0.25) is 0 Å². The Morgan fingerprint density at radius 3 is 0.424 bits per heavy atom. The van der Waals surface area contributed by atoms with E-state index in [1.165, 1.54) is 154 Å². The molecular weight excluding hydrogens is 898 g/mol. The molecule has 0 aromatic carbocycles. The van der Waals surface area contributed by atoms with Crippen LogP contribution in [-0.4, -0.2) is 55.4 Å². The number of hydrogen-bond acceptors (Lipinski definition) is 5. The van der Waals surface area contributed by atoms with Crippen molar-refractivity contribution in [3.63, 3.8) is 0 Å². The van der Waals surface area contributed by atoms with Gasteiger partial charge in [0.1, 0.15) is 0 Å². The van der Waals surface area contributed by atoms with E-state index >= 15 is 0 Å². The molecule has 0 aliphatic carbocycles. The van der Waals surface area contributed by atoms with Gasteiger partial charge in [-0.15, -0.1) is 0 Å². The van der Waals surface area contributed by atoms with Gasteiger partial charge in [-0.3, -0.25) is 24.0 Å². The van der Waals surface area contributed by atoms with E-state index in [4.69, 9.17) is 25.5 Å². The van der Waals surface area contributed by atoms with Crippen LogP contribution < -0.4 is 177 Å². The third-order valence-corrected chi connectivity index (χ3v) is 9.97. The topological polar surface area (TPSA) is 186 Å². The first kappa shape index (κ1) is 95.2. The molecule has 0 bridgehead atoms. The van der Waals surface area contributed by atoms with E-state index in [1.54, 1.807) is 0 Å². The van der Waals surface area contributed by atoms with Gasteiger partial charge in [-0.2, -0.15) is 0 Å². The van der Waals surface area contributed by atoms with Gasteiger partial charge in [0.15, 0.2) is 0 Å². The zero-order valence-electron chi connectivity index (χ0n) is 52.1. The van der Waals surface area contributed by atoms with Crippen molar-refractivity contribution in [2.24, 2.45) is 0 Å². The second-order valence-electron chi connectivity index (χ2n) is 16.3. The SMILES string of the molecule is CCCCCC(=O)O.CCCCCCCC(=O)O.CCCCCCCCCC(=O)O.CCCCCCCCCCCC(=O)O.CCCCCCCCCCCCCC(=O)O.[H-].[H-].[H-].[H-].[H-].[H-].[Na+].[Na+].[Na+].[Na+].[Na+].[Na+]. The van der Waals surface area contributed by atoms with Gasteiger partial charge in [0, 0.05) is 32.1 Å². The summed E-state index contributed by atoms with van der Waals surface area (Å²) < 4.78 is 0. The maximum absolute atomic E-state index is 10.3. The van der Waals surface area contributed by atoms with Crippen LogP contribution in [0.25, 0.3) is 0 Å². The molecule has 0 aromatic heterocycles. The molecule has 0 unspecified atom stereocenters. The zero-order chi connectivity index (χ0) is 46.2. The summed E-state index contributed by atoms with van der Waals surface area (Å²) in [7, 11) is 0. The van der Waals surface area contributed by atoms with Gasteiger partial charge in [-0.25, -0.2) is 0 Å². The second-order valence-corrected chi connectivity index (χ2v) is 16.3. The molecule has 0 aliphatic rings. The molecular formula is C50H106Na6O10. The Labute approximate surface area is 549 Å². The summed E-state index contributed by atoms with van der Waals surface area (Å²) >= 11 is 0. The van der Waals surface area contributed by atoms with E-state index < -0.39 is 29.8 Å². The first-order chi connectivity index (χ1) is 28.9. The van der Waals surface area contributed by atoms with Crippen LogP contribution in [0.2, 0.25) is 0 Å². The first-order valence-corrected chi connectivity index (χ1v) is 24.9. The number of unbranched alkanes of at least 4 members (excludes halogenated alkanes) is 30. The predicted octanol–water partition coefficient (Wildman–Crippen LogP) is -1.24. The van der Waals surface area contributed by atoms with Crippen LogP contribution in [0, 0.1) is 0 Å². The van der Waals surface area contributed by atoms with Gasteiger partial charge >= 0.3 is 207 Å². The van der Waals surface area contributed by atoms with Crippen molar-refractivity contribution in [1.82, 2.24) is 0 Å². The summed E-state index contributed by atoms with van der Waals surface area (Å²) in [6, 6.07) is 0. The van der Waals surface area contributed by atoms with Crippen LogP contribution in [0.1, 0.15) is 300 Å². The van der Waals surface area contributed by atoms with Crippen LogP contribution in [0.5, 0.6) is 0 Å². The minimum atomic E-state index is -0.682. The fourth-order valence-electron chi connectivity index (χ4n) is 6.17. The van der Waals surface area contributed by atoms with E-state index in [1.807, 2.05) is 0 Å². The Morgan fingerprint density at radius 2 is 0.303 bits per heavy atom. The van der Waals surface area contributed by atoms with Crippen molar-refractivity contribution in [2.45, 2.75) is 291 Å². The number of rotatable bonds is 40. The van der Waals surface area contributed by atoms with E-state index in [0.29, 0.717) is 32.1 Å². The van der Waals surface area contributed by atoms with Crippen LogP contribution in [-0.2, 0) is 24.0 Å². The van der Waals surface area contributed by atoms with Crippen molar-refractivity contribution in [1.29, 1.82) is 0 Å². The molecule has 0 saturated heterocycles. The summed E-state index contributed by atoms with van der Waals surface area (Å²) in [6.07, 6.45) is 43.6. The molecule has 0 radical (unpaired) electrons. The maximum atomic E-state index is 10.3. The van der Waals surface area contributed by atoms with Crippen molar-refractivity contribution in [3.05, 3.63) is 0 Å². The normalized spacial score (nSPS) is 9.17. The van der Waals surface area contributed by atoms with E-state index in [9.17, 15) is 24.0 Å². The molecule has 10 nitrogen and oxygen atoms in total. The van der Waals surface area contributed by atoms with Crippen LogP contribution in [0.15, 0.2) is 0 Å². The number of hydrogen-bond donors (Lipinski definition) is 5. The average Bonchev–Trinajstić information content (AvgIpc) is 3.19. The van der Waals surface area contributed by atoms with Gasteiger partial charge in [-0.1, -0.05) is 227 Å². The monoisotopic (exact) mass is 1000 g/mol. The van der Waals surface area contributed by atoms with Gasteiger partial charge < -0.3 is 34.1 Å². The Hall–Kier alpha value is 3.35. The zero-order valence-corrected chi connectivity index (χ0v) is 58.1. The molecule has 16 heteroatoms. The molecule has 0 spiro atoms. The van der Waals surface area contributed by atoms with Gasteiger partial charge in [0.05, 0.1) is 0 Å². The summed E-state index contributed by atoms with van der Waals surface area (Å²) in [4.78, 5) is 50.5. The molecule has 66 heavy (non-hydrogen) atoms. The quantitative estimate of drug-likeness (QED) is 0.0368. The second kappa shape index (κ2) is 91.1. The van der Waals surface area contributed by atoms with Crippen LogP contribution >= 0.6 is 0 Å². The number of carboxylic acids is 5. The summed E-state index contributed by atoms with van der Waals surface area (Å²) in [5.74, 6) is -3.33. The average molecular weight is 1010 g/mol. The molecule has 0 aliphatic heterocycles. The van der Waals surface area contributed by atoms with Crippen molar-refractivity contribution >= 4 is 29.8 Å². The maximum Gasteiger partial charge on any atom is 1.00 e. The first-order valence-electron chi connectivity index (χ1n) is 24.9. The Morgan fingerprint density at radius 1 is 0.212 bits per heavy atom. The molecule has 0 amide bonds. The number of carbonyl (C=O) groups is 5. The fourth-order valence-corrected chi connectivity index (χ4v) is 6.17. The molecule has 0 aromatic rings. The molecule has 372 valence electrons. The number of carboxylic acid groups (broad SMARTS) is 5. The minimum absolute atomic E-state index is 0. The molecule has 0 fully saturated rings. The standard InChI is InChI=1S/C14H28O2.C12H24O2.C10H20O2.C8H16O2.C6H12O2.6Na.6H/c1-2-3-4-5-6-7-8-9-10-11-12-13-14(15)16;1-2-3-4-5-6-7-8-9-10-11-12(13)14;1-2-3-4-5-6-7-8-9-10(11)12;1-2-3-4-5-6-7-8(9)10;1-2-3-4-5-6(7)8;;;;;;;;;;;;/h2-13H2,1H3,(H,15,16);2-11H2,1H3,(H,13,14);2-9H2,1H3,(H,11,12);2-7H2,1H3,(H,9,10);2-5H2,1H3,(H,7,8);;;;;;;;;;;;/q;;;;;6*+1;6*-1. The molecule has 0 atom stereocenters. The van der Waals surface area contributed by atoms with Gasteiger partial charge in [0.25, 0.3) is 0 Å². The van der Waals surface area contributed by atoms with E-state index in [0.717, 1.165) is 70.6 Å². The van der Waals surface area contributed by atoms with Crippen molar-refractivity contribution in [3.8, 4) is 0 Å². The Balaban J connectivity index is -0.0000000341. The molecule has 5 N–H and O–H groups in total. The molecule has 0 heterocycles. The number of aliphatic carboxylic acids is 5. The Kier molecular flexibility index (Phi) is 131. The Bertz CT molecular complexity index is 936. The fraction of sp³-hybridized carbons (Fsp3) is 0.900. The van der Waals surface area contributed by atoms with Crippen LogP contribution in [0.3, 0.4) is 0 Å². The summed E-state index contributed by atoms with van der Waals surface area (Å²) in [5.41, 5.74) is 0. The largest absolute Gasteiger partial charge is 1.00 e. The van der Waals surface area contributed by atoms with Crippen molar-refractivity contribution in [2.75, 3.05) is 0 Å². The predicted molar refractivity (Wildman–Crippen MR) is 258 cm³/mol. The van der Waals surface area contributed by atoms with Gasteiger partial charge in [-0.05, 0) is 32.1 Å². The van der Waals surface area contributed by atoms with Crippen molar-refractivity contribution < 1.29 is 235 Å². The van der Waals surface area contributed by atoms with Crippen LogP contribution in [0.4, 0.5) is 0 Å². The van der Waals surface area contributed by atoms with E-state index in [-0.39, 0.29) is 186 Å². The summed E-state index contributed by atoms with van der Waals surface area (Å²) in [6.45, 7) is 10.9. The molecule has 0 rings (SSSR count). The molecule has 0 saturated carbocycles.